The zero-order chi connectivity index (χ0) is 10.6. The highest BCUT2D eigenvalue weighted by atomic mass is 16.5. The maximum Gasteiger partial charge on any atom is 0.341 e. The maximum atomic E-state index is 11.3. The molecule has 0 saturated heterocycles. The Morgan fingerprint density at radius 2 is 2.14 bits per heavy atom. The van der Waals surface area contributed by atoms with Crippen molar-refractivity contribution in [2.75, 3.05) is 14.2 Å². The fourth-order valence-corrected chi connectivity index (χ4v) is 1.17. The molecule has 3 heteroatoms. The van der Waals surface area contributed by atoms with Crippen LogP contribution in [0.1, 0.15) is 15.9 Å². The van der Waals surface area contributed by atoms with Gasteiger partial charge in [-0.3, -0.25) is 0 Å². The van der Waals surface area contributed by atoms with Crippen LogP contribution in [-0.2, 0) is 4.74 Å². The van der Waals surface area contributed by atoms with Gasteiger partial charge in [0.25, 0.3) is 0 Å². The van der Waals surface area contributed by atoms with Crippen LogP contribution >= 0.6 is 0 Å². The van der Waals surface area contributed by atoms with Crippen molar-refractivity contribution >= 4 is 5.97 Å². The van der Waals surface area contributed by atoms with E-state index in [2.05, 4.69) is 17.4 Å². The Labute approximate surface area is 83.0 Å². The summed E-state index contributed by atoms with van der Waals surface area (Å²) in [6.07, 6.45) is 2.68. The Morgan fingerprint density at radius 3 is 2.64 bits per heavy atom. The number of hydrogen-bond acceptors (Lipinski definition) is 3. The number of esters is 1. The highest BCUT2D eigenvalue weighted by Gasteiger charge is 2.14. The van der Waals surface area contributed by atoms with Crippen molar-refractivity contribution in [1.29, 1.82) is 0 Å². The van der Waals surface area contributed by atoms with Gasteiger partial charge in [0.05, 0.1) is 14.2 Å². The molecule has 14 heavy (non-hydrogen) atoms. The number of benzene rings is 1. The summed E-state index contributed by atoms with van der Waals surface area (Å²) < 4.78 is 9.70. The molecule has 0 unspecified atom stereocenters. The summed E-state index contributed by atoms with van der Waals surface area (Å²) in [5.41, 5.74) is 1.03. The second-order valence-electron chi connectivity index (χ2n) is 2.55. The standard InChI is InChI=1S/C11H11O3/c1-4-8-6-5-7-9(10(8)13-2)11(12)14-3/h5-7H,1H2,2-3H3. The predicted octanol–water partition coefficient (Wildman–Crippen LogP) is 1.82. The van der Waals surface area contributed by atoms with E-state index in [1.165, 1.54) is 14.2 Å². The number of ether oxygens (including phenoxy) is 2. The molecule has 1 radical (unpaired) electrons. The van der Waals surface area contributed by atoms with Crippen LogP contribution in [-0.4, -0.2) is 20.2 Å². The molecule has 0 bridgehead atoms. The lowest BCUT2D eigenvalue weighted by atomic mass is 10.1. The lowest BCUT2D eigenvalue weighted by Crippen LogP contribution is -2.05. The normalized spacial score (nSPS) is 9.29. The second-order valence-corrected chi connectivity index (χ2v) is 2.55. The van der Waals surface area contributed by atoms with Crippen LogP contribution in [0.4, 0.5) is 0 Å². The van der Waals surface area contributed by atoms with E-state index in [9.17, 15) is 4.79 Å². The third-order valence-electron chi connectivity index (χ3n) is 1.81. The van der Waals surface area contributed by atoms with Gasteiger partial charge in [-0.15, -0.1) is 0 Å². The molecule has 3 nitrogen and oxygen atoms in total. The summed E-state index contributed by atoms with van der Waals surface area (Å²) in [7, 11) is 2.81. The van der Waals surface area contributed by atoms with E-state index in [0.29, 0.717) is 16.9 Å². The summed E-state index contributed by atoms with van der Waals surface area (Å²) in [6.45, 7) is 3.51. The van der Waals surface area contributed by atoms with Crippen LogP contribution < -0.4 is 4.74 Å². The van der Waals surface area contributed by atoms with Crippen molar-refractivity contribution < 1.29 is 14.3 Å². The molecule has 0 heterocycles. The number of carbonyl (C=O) groups is 1. The van der Waals surface area contributed by atoms with Crippen LogP contribution in [0.3, 0.4) is 0 Å². The number of rotatable bonds is 3. The summed E-state index contributed by atoms with van der Waals surface area (Å²) in [4.78, 5) is 11.3. The number of methoxy groups -OCH3 is 2. The van der Waals surface area contributed by atoms with Crippen LogP contribution in [0, 0.1) is 6.08 Å². The third-order valence-corrected chi connectivity index (χ3v) is 1.81. The van der Waals surface area contributed by atoms with E-state index in [0.717, 1.165) is 0 Å². The molecule has 1 aromatic carbocycles. The summed E-state index contributed by atoms with van der Waals surface area (Å²) >= 11 is 0. The van der Waals surface area contributed by atoms with Crippen molar-refractivity contribution in [3.05, 3.63) is 42.0 Å². The first-order chi connectivity index (χ1) is 6.74. The molecule has 1 aromatic rings. The molecule has 0 saturated carbocycles. The first kappa shape index (κ1) is 10.3. The monoisotopic (exact) mass is 191 g/mol. The summed E-state index contributed by atoms with van der Waals surface area (Å²) in [5.74, 6) is 0.00769. The van der Waals surface area contributed by atoms with Crippen LogP contribution in [0.15, 0.2) is 24.8 Å². The van der Waals surface area contributed by atoms with Crippen molar-refractivity contribution in [3.63, 3.8) is 0 Å². The molecule has 1 rings (SSSR count). The molecule has 73 valence electrons. The largest absolute Gasteiger partial charge is 0.495 e. The Hall–Kier alpha value is -1.77. The molecule has 0 spiro atoms. The van der Waals surface area contributed by atoms with Gasteiger partial charge in [0.15, 0.2) is 0 Å². The quantitative estimate of drug-likeness (QED) is 0.683. The van der Waals surface area contributed by atoms with Gasteiger partial charge in [-0.05, 0) is 12.1 Å². The van der Waals surface area contributed by atoms with Crippen LogP contribution in [0.2, 0.25) is 0 Å². The first-order valence-corrected chi connectivity index (χ1v) is 4.03. The van der Waals surface area contributed by atoms with Gasteiger partial charge >= 0.3 is 5.97 Å². The van der Waals surface area contributed by atoms with Gasteiger partial charge < -0.3 is 9.47 Å². The Morgan fingerprint density at radius 1 is 1.43 bits per heavy atom. The zero-order valence-corrected chi connectivity index (χ0v) is 8.16. The maximum absolute atomic E-state index is 11.3. The molecule has 0 atom stereocenters. The van der Waals surface area contributed by atoms with E-state index in [4.69, 9.17) is 4.74 Å². The summed E-state index contributed by atoms with van der Waals surface area (Å²) in [5, 5.41) is 0. The fraction of sp³-hybridized carbons (Fsp3) is 0.182. The minimum absolute atomic E-state index is 0.378. The van der Waals surface area contributed by atoms with Crippen molar-refractivity contribution in [2.45, 2.75) is 0 Å². The van der Waals surface area contributed by atoms with Gasteiger partial charge in [-0.25, -0.2) is 4.79 Å². The SMILES string of the molecule is C=[C]c1cccc(C(=O)OC)c1OC. The molecule has 0 aliphatic carbocycles. The van der Waals surface area contributed by atoms with E-state index in [-0.39, 0.29) is 0 Å². The minimum Gasteiger partial charge on any atom is -0.495 e. The van der Waals surface area contributed by atoms with Gasteiger partial charge in [-0.1, -0.05) is 18.7 Å². The second kappa shape index (κ2) is 4.46. The molecule has 0 aromatic heterocycles. The smallest absolute Gasteiger partial charge is 0.341 e. The van der Waals surface area contributed by atoms with Crippen molar-refractivity contribution in [3.8, 4) is 5.75 Å². The highest BCUT2D eigenvalue weighted by molar-refractivity contribution is 5.93. The molecule has 0 amide bonds. The highest BCUT2D eigenvalue weighted by Crippen LogP contribution is 2.24. The lowest BCUT2D eigenvalue weighted by molar-refractivity contribution is 0.0597. The lowest BCUT2D eigenvalue weighted by Gasteiger charge is -2.08. The average molecular weight is 191 g/mol. The molecular formula is C11H11O3. The van der Waals surface area contributed by atoms with E-state index >= 15 is 0 Å². The third kappa shape index (κ3) is 1.76. The molecule has 0 aliphatic heterocycles. The van der Waals surface area contributed by atoms with E-state index in [1.54, 1.807) is 18.2 Å². The molecule has 0 N–H and O–H groups in total. The minimum atomic E-state index is -0.432. The molecule has 0 fully saturated rings. The number of hydrogen-bond donors (Lipinski definition) is 0. The van der Waals surface area contributed by atoms with Crippen LogP contribution in [0.5, 0.6) is 5.75 Å². The average Bonchev–Trinajstić information content (AvgIpc) is 2.26. The fourth-order valence-electron chi connectivity index (χ4n) is 1.17. The summed E-state index contributed by atoms with van der Waals surface area (Å²) in [6, 6.07) is 5.12. The van der Waals surface area contributed by atoms with Gasteiger partial charge in [0, 0.05) is 5.56 Å². The van der Waals surface area contributed by atoms with Crippen molar-refractivity contribution in [2.24, 2.45) is 0 Å². The topological polar surface area (TPSA) is 35.5 Å². The van der Waals surface area contributed by atoms with Gasteiger partial charge in [0.2, 0.25) is 0 Å². The van der Waals surface area contributed by atoms with Crippen LogP contribution in [0.25, 0.3) is 0 Å². The molecular weight excluding hydrogens is 180 g/mol. The number of para-hydroxylation sites is 1. The number of carbonyl (C=O) groups excluding carboxylic acids is 1. The van der Waals surface area contributed by atoms with E-state index in [1.807, 2.05) is 0 Å². The Kier molecular flexibility index (Phi) is 3.29. The Balaban J connectivity index is 3.28. The van der Waals surface area contributed by atoms with E-state index < -0.39 is 5.97 Å². The van der Waals surface area contributed by atoms with Crippen molar-refractivity contribution in [1.82, 2.24) is 0 Å². The van der Waals surface area contributed by atoms with Gasteiger partial charge in [-0.2, -0.15) is 0 Å². The molecule has 0 aliphatic rings. The van der Waals surface area contributed by atoms with Gasteiger partial charge in [0.1, 0.15) is 11.3 Å². The predicted molar refractivity (Wildman–Crippen MR) is 52.3 cm³/mol. The Bertz CT molecular complexity index is 356. The zero-order valence-electron chi connectivity index (χ0n) is 8.16. The first-order valence-electron chi connectivity index (χ1n) is 4.03.